The van der Waals surface area contributed by atoms with Crippen LogP contribution in [0, 0.1) is 0 Å². The second-order valence-electron chi connectivity index (χ2n) is 5.06. The van der Waals surface area contributed by atoms with Crippen molar-refractivity contribution in [3.05, 3.63) is 54.6 Å². The van der Waals surface area contributed by atoms with Crippen LogP contribution in [0.2, 0.25) is 0 Å². The summed E-state index contributed by atoms with van der Waals surface area (Å²) in [4.78, 5) is 13.7. The summed E-state index contributed by atoms with van der Waals surface area (Å²) in [5.41, 5.74) is 0.934. The number of carbonyl (C=O) groups excluding carboxylic acids is 1. The Labute approximate surface area is 149 Å². The first kappa shape index (κ1) is 19.6. The molecule has 0 bridgehead atoms. The maximum Gasteiger partial charge on any atom is 0.241 e. The number of nitrogens with one attached hydrogen (secondary N) is 1. The third-order valence-electron chi connectivity index (χ3n) is 3.40. The molecule has 1 N–H and O–H groups in total. The van der Waals surface area contributed by atoms with Crippen LogP contribution < -0.4 is 14.8 Å². The van der Waals surface area contributed by atoms with Gasteiger partial charge in [-0.2, -0.15) is 0 Å². The summed E-state index contributed by atoms with van der Waals surface area (Å²) in [5.74, 6) is 1.57. The van der Waals surface area contributed by atoms with E-state index in [1.54, 1.807) is 19.1 Å². The number of rotatable bonds is 8. The maximum atomic E-state index is 12.0. The van der Waals surface area contributed by atoms with Crippen molar-refractivity contribution in [2.75, 3.05) is 39.2 Å². The Morgan fingerprint density at radius 3 is 2.29 bits per heavy atom. The van der Waals surface area contributed by atoms with Gasteiger partial charge in [-0.05, 0) is 36.4 Å². The molecule has 6 heteroatoms. The Bertz CT molecular complexity index is 605. The van der Waals surface area contributed by atoms with E-state index in [2.05, 4.69) is 5.32 Å². The molecular weight excluding hydrogens is 328 g/mol. The van der Waals surface area contributed by atoms with Crippen LogP contribution in [0.4, 0.5) is 5.69 Å². The standard InChI is InChI=1S/C18H22N2O3.ClH/c1-20(18(21)14-19-15-6-4-3-5-7-15)12-13-23-17-10-8-16(22-2)9-11-17;/h3-11,19H,12-14H2,1-2H3;1H. The zero-order valence-electron chi connectivity index (χ0n) is 13.9. The van der Waals surface area contributed by atoms with Crippen LogP contribution in [0.15, 0.2) is 54.6 Å². The lowest BCUT2D eigenvalue weighted by Gasteiger charge is -2.18. The lowest BCUT2D eigenvalue weighted by Crippen LogP contribution is -2.35. The van der Waals surface area contributed by atoms with Crippen LogP contribution in [0.5, 0.6) is 11.5 Å². The number of likely N-dealkylation sites (N-methyl/N-ethyl adjacent to an activating group) is 1. The van der Waals surface area contributed by atoms with Gasteiger partial charge in [0.05, 0.1) is 20.2 Å². The minimum atomic E-state index is 0. The van der Waals surface area contributed by atoms with Crippen LogP contribution in [-0.4, -0.2) is 44.7 Å². The van der Waals surface area contributed by atoms with Gasteiger partial charge in [-0.15, -0.1) is 12.4 Å². The quantitative estimate of drug-likeness (QED) is 0.795. The lowest BCUT2D eigenvalue weighted by atomic mass is 10.3. The fourth-order valence-electron chi connectivity index (χ4n) is 1.97. The van der Waals surface area contributed by atoms with E-state index in [-0.39, 0.29) is 24.9 Å². The largest absolute Gasteiger partial charge is 0.497 e. The molecule has 24 heavy (non-hydrogen) atoms. The van der Waals surface area contributed by atoms with Gasteiger partial charge in [-0.1, -0.05) is 18.2 Å². The fourth-order valence-corrected chi connectivity index (χ4v) is 1.97. The summed E-state index contributed by atoms with van der Waals surface area (Å²) in [6.07, 6.45) is 0. The molecule has 0 unspecified atom stereocenters. The summed E-state index contributed by atoms with van der Waals surface area (Å²) in [5, 5.41) is 3.10. The number of ether oxygens (including phenoxy) is 2. The molecule has 0 aliphatic carbocycles. The van der Waals surface area contributed by atoms with E-state index in [4.69, 9.17) is 9.47 Å². The topological polar surface area (TPSA) is 50.8 Å². The van der Waals surface area contributed by atoms with Gasteiger partial charge in [-0.25, -0.2) is 0 Å². The molecule has 2 aromatic carbocycles. The van der Waals surface area contributed by atoms with Crippen molar-refractivity contribution >= 4 is 24.0 Å². The van der Waals surface area contributed by atoms with E-state index in [1.807, 2.05) is 54.6 Å². The summed E-state index contributed by atoms with van der Waals surface area (Å²) in [7, 11) is 3.40. The summed E-state index contributed by atoms with van der Waals surface area (Å²) >= 11 is 0. The van der Waals surface area contributed by atoms with Crippen molar-refractivity contribution in [1.29, 1.82) is 0 Å². The molecule has 0 heterocycles. The van der Waals surface area contributed by atoms with Gasteiger partial charge in [0.15, 0.2) is 0 Å². The predicted molar refractivity (Wildman–Crippen MR) is 98.3 cm³/mol. The molecular formula is C18H23ClN2O3. The Kier molecular flexibility index (Phi) is 8.50. The second-order valence-corrected chi connectivity index (χ2v) is 5.06. The van der Waals surface area contributed by atoms with Crippen molar-refractivity contribution in [2.45, 2.75) is 0 Å². The minimum Gasteiger partial charge on any atom is -0.497 e. The molecule has 0 spiro atoms. The first-order valence-electron chi connectivity index (χ1n) is 7.49. The van der Waals surface area contributed by atoms with E-state index in [9.17, 15) is 4.79 Å². The average Bonchev–Trinajstić information content (AvgIpc) is 2.61. The Morgan fingerprint density at radius 2 is 1.67 bits per heavy atom. The van der Waals surface area contributed by atoms with Crippen LogP contribution >= 0.6 is 12.4 Å². The number of methoxy groups -OCH3 is 1. The molecule has 0 saturated heterocycles. The van der Waals surface area contributed by atoms with E-state index < -0.39 is 0 Å². The first-order chi connectivity index (χ1) is 11.2. The molecule has 0 radical (unpaired) electrons. The normalized spacial score (nSPS) is 9.58. The van der Waals surface area contributed by atoms with Crippen molar-refractivity contribution in [3.8, 4) is 11.5 Å². The molecule has 1 amide bonds. The van der Waals surface area contributed by atoms with Crippen molar-refractivity contribution in [1.82, 2.24) is 4.90 Å². The number of carbonyl (C=O) groups is 1. The maximum absolute atomic E-state index is 12.0. The van der Waals surface area contributed by atoms with E-state index in [0.29, 0.717) is 13.2 Å². The molecule has 2 aromatic rings. The number of para-hydroxylation sites is 1. The second kappa shape index (κ2) is 10.4. The number of anilines is 1. The highest BCUT2D eigenvalue weighted by Gasteiger charge is 2.08. The van der Waals surface area contributed by atoms with E-state index in [1.165, 1.54) is 0 Å². The van der Waals surface area contributed by atoms with Crippen LogP contribution in [0.25, 0.3) is 0 Å². The summed E-state index contributed by atoms with van der Waals surface area (Å²) < 4.78 is 10.7. The van der Waals surface area contributed by atoms with Crippen LogP contribution in [0.3, 0.4) is 0 Å². The van der Waals surface area contributed by atoms with E-state index >= 15 is 0 Å². The van der Waals surface area contributed by atoms with E-state index in [0.717, 1.165) is 17.2 Å². The van der Waals surface area contributed by atoms with Gasteiger partial charge in [-0.3, -0.25) is 4.79 Å². The molecule has 130 valence electrons. The molecule has 0 atom stereocenters. The monoisotopic (exact) mass is 350 g/mol. The van der Waals surface area contributed by atoms with Crippen molar-refractivity contribution in [3.63, 3.8) is 0 Å². The highest BCUT2D eigenvalue weighted by molar-refractivity contribution is 5.85. The van der Waals surface area contributed by atoms with Crippen molar-refractivity contribution in [2.24, 2.45) is 0 Å². The minimum absolute atomic E-state index is 0. The third-order valence-corrected chi connectivity index (χ3v) is 3.40. The van der Waals surface area contributed by atoms with Crippen LogP contribution in [-0.2, 0) is 4.79 Å². The predicted octanol–water partition coefficient (Wildman–Crippen LogP) is 3.07. The van der Waals surface area contributed by atoms with Gasteiger partial charge in [0.2, 0.25) is 5.91 Å². The third kappa shape index (κ3) is 6.38. The molecule has 0 aliphatic rings. The molecule has 5 nitrogen and oxygen atoms in total. The number of amides is 1. The zero-order chi connectivity index (χ0) is 16.5. The van der Waals surface area contributed by atoms with Gasteiger partial charge in [0, 0.05) is 12.7 Å². The van der Waals surface area contributed by atoms with Crippen LogP contribution in [0.1, 0.15) is 0 Å². The molecule has 2 rings (SSSR count). The number of hydrogen-bond donors (Lipinski definition) is 1. The number of benzene rings is 2. The SMILES string of the molecule is COc1ccc(OCCN(C)C(=O)CNc2ccccc2)cc1.Cl. The van der Waals surface area contributed by atoms with Crippen molar-refractivity contribution < 1.29 is 14.3 Å². The molecule has 0 aliphatic heterocycles. The summed E-state index contributed by atoms with van der Waals surface area (Å²) in [6, 6.07) is 17.0. The Hall–Kier alpha value is -2.40. The highest BCUT2D eigenvalue weighted by Crippen LogP contribution is 2.16. The average molecular weight is 351 g/mol. The molecule has 0 fully saturated rings. The smallest absolute Gasteiger partial charge is 0.241 e. The number of nitrogens with zero attached hydrogens (tertiary/aromatic N) is 1. The summed E-state index contributed by atoms with van der Waals surface area (Å²) in [6.45, 7) is 1.24. The van der Waals surface area contributed by atoms with Gasteiger partial charge in [0.25, 0.3) is 0 Å². The van der Waals surface area contributed by atoms with Gasteiger partial charge < -0.3 is 19.7 Å². The molecule has 0 aromatic heterocycles. The fraction of sp³-hybridized carbons (Fsp3) is 0.278. The Balaban J connectivity index is 0.00000288. The first-order valence-corrected chi connectivity index (χ1v) is 7.49. The highest BCUT2D eigenvalue weighted by atomic mass is 35.5. The van der Waals surface area contributed by atoms with Gasteiger partial charge >= 0.3 is 0 Å². The number of halogens is 1. The molecule has 0 saturated carbocycles. The zero-order valence-corrected chi connectivity index (χ0v) is 14.7. The lowest BCUT2D eigenvalue weighted by molar-refractivity contribution is -0.128. The Morgan fingerprint density at radius 1 is 1.04 bits per heavy atom. The number of hydrogen-bond acceptors (Lipinski definition) is 4. The van der Waals surface area contributed by atoms with Gasteiger partial charge in [0.1, 0.15) is 18.1 Å².